The van der Waals surface area contributed by atoms with Crippen LogP contribution in [0.2, 0.25) is 0 Å². The number of hydrogen-bond donors (Lipinski definition) is 0. The lowest BCUT2D eigenvalue weighted by Gasteiger charge is -2.05. The van der Waals surface area contributed by atoms with Crippen LogP contribution in [0.4, 0.5) is 0 Å². The molecule has 0 aliphatic heterocycles. The van der Waals surface area contributed by atoms with E-state index in [9.17, 15) is 9.00 Å². The third-order valence-electron chi connectivity index (χ3n) is 2.31. The summed E-state index contributed by atoms with van der Waals surface area (Å²) in [6.07, 6.45) is 1.17. The fourth-order valence-electron chi connectivity index (χ4n) is 1.25. The third kappa shape index (κ3) is 4.15. The molecule has 1 atom stereocenters. The predicted octanol–water partition coefficient (Wildman–Crippen LogP) is 2.60. The van der Waals surface area contributed by atoms with Crippen LogP contribution < -0.4 is 0 Å². The summed E-state index contributed by atoms with van der Waals surface area (Å²) in [7, 11) is -0.0237. The first-order chi connectivity index (χ1) is 8.04. The molecule has 0 aliphatic rings. The Kier molecular flexibility index (Phi) is 5.10. The quantitative estimate of drug-likeness (QED) is 0.611. The zero-order valence-corrected chi connectivity index (χ0v) is 11.0. The van der Waals surface area contributed by atoms with E-state index in [1.165, 1.54) is 24.2 Å². The highest BCUT2D eigenvalue weighted by molar-refractivity contribution is 7.88. The number of carbonyl (C=O) groups excluding carboxylic acids is 1. The normalized spacial score (nSPS) is 12.9. The Hall–Kier alpha value is -1.42. The first-order valence-corrected chi connectivity index (χ1v) is 6.52. The van der Waals surface area contributed by atoms with Gasteiger partial charge in [-0.3, -0.25) is 0 Å². The molecule has 0 N–H and O–H groups in total. The molecule has 1 aromatic carbocycles. The molecule has 0 aromatic heterocycles. The van der Waals surface area contributed by atoms with Gasteiger partial charge in [0, 0.05) is 16.4 Å². The number of esters is 1. The van der Waals surface area contributed by atoms with Crippen LogP contribution in [0.3, 0.4) is 0 Å². The molecule has 0 bridgehead atoms. The van der Waals surface area contributed by atoms with Crippen molar-refractivity contribution < 1.29 is 13.7 Å². The number of benzene rings is 1. The van der Waals surface area contributed by atoms with E-state index in [0.29, 0.717) is 10.8 Å². The maximum Gasteiger partial charge on any atom is 0.331 e. The lowest BCUT2D eigenvalue weighted by Crippen LogP contribution is -1.95. The molecule has 1 rings (SSSR count). The van der Waals surface area contributed by atoms with Crippen LogP contribution in [0.15, 0.2) is 40.6 Å². The molecule has 17 heavy (non-hydrogen) atoms. The summed E-state index contributed by atoms with van der Waals surface area (Å²) in [6, 6.07) is 7.52. The van der Waals surface area contributed by atoms with Crippen molar-refractivity contribution in [2.24, 2.45) is 0 Å². The second-order valence-electron chi connectivity index (χ2n) is 3.85. The highest BCUT2D eigenvalue weighted by atomic mass is 32.2. The molecule has 0 radical (unpaired) electrons. The van der Waals surface area contributed by atoms with Gasteiger partial charge in [0.05, 0.1) is 17.9 Å². The minimum atomic E-state index is -1.31. The van der Waals surface area contributed by atoms with E-state index in [1.54, 1.807) is 0 Å². The number of methoxy groups -OCH3 is 1. The fraction of sp³-hybridized carbons (Fsp3) is 0.308. The van der Waals surface area contributed by atoms with Crippen molar-refractivity contribution >= 4 is 16.8 Å². The van der Waals surface area contributed by atoms with Crippen LogP contribution in [0, 0.1) is 0 Å². The van der Waals surface area contributed by atoms with Gasteiger partial charge in [-0.15, -0.1) is 0 Å². The molecule has 1 aromatic rings. The van der Waals surface area contributed by atoms with Crippen LogP contribution in [0.25, 0.3) is 0 Å². The van der Waals surface area contributed by atoms with Crippen LogP contribution in [0.1, 0.15) is 25.3 Å². The number of hydrogen-bond acceptors (Lipinski definition) is 3. The van der Waals surface area contributed by atoms with E-state index in [1.807, 2.05) is 24.3 Å². The van der Waals surface area contributed by atoms with E-state index in [-0.39, 0.29) is 0 Å². The minimum absolute atomic E-state index is 0.447. The van der Waals surface area contributed by atoms with Gasteiger partial charge in [0.1, 0.15) is 0 Å². The molecule has 1 unspecified atom stereocenters. The Morgan fingerprint density at radius 3 is 2.35 bits per heavy atom. The fourth-order valence-corrected chi connectivity index (χ4v) is 2.05. The van der Waals surface area contributed by atoms with Crippen molar-refractivity contribution in [3.8, 4) is 0 Å². The van der Waals surface area contributed by atoms with Crippen LogP contribution in [-0.2, 0) is 20.3 Å². The van der Waals surface area contributed by atoms with Gasteiger partial charge in [-0.25, -0.2) is 9.00 Å². The Morgan fingerprint density at radius 2 is 1.88 bits per heavy atom. The maximum absolute atomic E-state index is 11.8. The Bertz CT molecular complexity index is 432. The SMILES string of the molecule is COC(=O)/C=C/S(=O)c1ccc(C(C)C)cc1. The average molecular weight is 252 g/mol. The van der Waals surface area contributed by atoms with E-state index >= 15 is 0 Å². The van der Waals surface area contributed by atoms with Crippen LogP contribution >= 0.6 is 0 Å². The largest absolute Gasteiger partial charge is 0.466 e. The van der Waals surface area contributed by atoms with Crippen molar-refractivity contribution in [2.45, 2.75) is 24.7 Å². The second-order valence-corrected chi connectivity index (χ2v) is 5.19. The summed E-state index contributed by atoms with van der Waals surface area (Å²) in [6.45, 7) is 4.20. The van der Waals surface area contributed by atoms with Gasteiger partial charge in [-0.2, -0.15) is 0 Å². The monoisotopic (exact) mass is 252 g/mol. The molecule has 4 heteroatoms. The first kappa shape index (κ1) is 13.6. The van der Waals surface area contributed by atoms with Crippen LogP contribution in [0.5, 0.6) is 0 Å². The molecule has 0 heterocycles. The molecule has 0 fully saturated rings. The molecule has 0 saturated heterocycles. The minimum Gasteiger partial charge on any atom is -0.466 e. The predicted molar refractivity (Wildman–Crippen MR) is 68.1 cm³/mol. The molecule has 0 saturated carbocycles. The summed E-state index contributed by atoms with van der Waals surface area (Å²) >= 11 is 0. The summed E-state index contributed by atoms with van der Waals surface area (Å²) < 4.78 is 16.2. The van der Waals surface area contributed by atoms with Crippen LogP contribution in [-0.4, -0.2) is 17.3 Å². The zero-order chi connectivity index (χ0) is 12.8. The molecule has 0 spiro atoms. The lowest BCUT2D eigenvalue weighted by atomic mass is 10.0. The Labute approximate surface area is 104 Å². The van der Waals surface area contributed by atoms with Crippen molar-refractivity contribution in [3.05, 3.63) is 41.3 Å². The topological polar surface area (TPSA) is 43.4 Å². The van der Waals surface area contributed by atoms with Crippen molar-refractivity contribution in [1.82, 2.24) is 0 Å². The molecule has 0 aliphatic carbocycles. The van der Waals surface area contributed by atoms with Crippen molar-refractivity contribution in [2.75, 3.05) is 7.11 Å². The molecule has 92 valence electrons. The summed E-state index contributed by atoms with van der Waals surface area (Å²) in [5, 5.41) is 1.33. The zero-order valence-electron chi connectivity index (χ0n) is 10.2. The third-order valence-corrected chi connectivity index (χ3v) is 3.43. The second kappa shape index (κ2) is 6.35. The van der Waals surface area contributed by atoms with Gasteiger partial charge in [-0.1, -0.05) is 26.0 Å². The van der Waals surface area contributed by atoms with Gasteiger partial charge >= 0.3 is 5.97 Å². The summed E-state index contributed by atoms with van der Waals surface area (Å²) in [5.74, 6) is -0.0553. The summed E-state index contributed by atoms with van der Waals surface area (Å²) in [5.41, 5.74) is 1.20. The molecular formula is C13H16O3S. The number of ether oxygens (including phenoxy) is 1. The Balaban J connectivity index is 2.77. The number of rotatable bonds is 4. The van der Waals surface area contributed by atoms with Gasteiger partial charge in [0.2, 0.25) is 0 Å². The highest BCUT2D eigenvalue weighted by Crippen LogP contribution is 2.16. The maximum atomic E-state index is 11.8. The number of carbonyl (C=O) groups is 1. The highest BCUT2D eigenvalue weighted by Gasteiger charge is 2.03. The van der Waals surface area contributed by atoms with Gasteiger partial charge < -0.3 is 4.74 Å². The summed E-state index contributed by atoms with van der Waals surface area (Å²) in [4.78, 5) is 11.5. The molecule has 3 nitrogen and oxygen atoms in total. The van der Waals surface area contributed by atoms with E-state index < -0.39 is 16.8 Å². The lowest BCUT2D eigenvalue weighted by molar-refractivity contribution is -0.134. The first-order valence-electron chi connectivity index (χ1n) is 5.31. The standard InChI is InChI=1S/C13H16O3S/c1-10(2)11-4-6-12(7-5-11)17(15)9-8-13(14)16-3/h4-10H,1-3H3/b9-8+. The smallest absolute Gasteiger partial charge is 0.331 e. The van der Waals surface area contributed by atoms with E-state index in [4.69, 9.17) is 0 Å². The average Bonchev–Trinajstić information content (AvgIpc) is 2.35. The van der Waals surface area contributed by atoms with Gasteiger partial charge in [-0.05, 0) is 23.6 Å². The van der Waals surface area contributed by atoms with E-state index in [0.717, 1.165) is 0 Å². The molecule has 0 amide bonds. The Morgan fingerprint density at radius 1 is 1.29 bits per heavy atom. The van der Waals surface area contributed by atoms with E-state index in [2.05, 4.69) is 18.6 Å². The van der Waals surface area contributed by atoms with Crippen molar-refractivity contribution in [1.29, 1.82) is 0 Å². The van der Waals surface area contributed by atoms with Crippen molar-refractivity contribution in [3.63, 3.8) is 0 Å². The van der Waals surface area contributed by atoms with Gasteiger partial charge in [0.15, 0.2) is 0 Å². The van der Waals surface area contributed by atoms with Gasteiger partial charge in [0.25, 0.3) is 0 Å². The molecular weight excluding hydrogens is 236 g/mol.